The van der Waals surface area contributed by atoms with Gasteiger partial charge >= 0.3 is 0 Å². The highest BCUT2D eigenvalue weighted by molar-refractivity contribution is 5.81. The average molecular weight is 309 g/mol. The van der Waals surface area contributed by atoms with Gasteiger partial charge in [0.2, 0.25) is 0 Å². The number of methoxy groups -OCH3 is 1. The molecule has 3 rings (SSSR count). The normalized spacial score (nSPS) is 10.7. The van der Waals surface area contributed by atoms with Crippen molar-refractivity contribution < 1.29 is 4.74 Å². The van der Waals surface area contributed by atoms with Crippen LogP contribution in [-0.2, 0) is 6.42 Å². The van der Waals surface area contributed by atoms with Crippen LogP contribution in [0.1, 0.15) is 16.7 Å². The first-order valence-electron chi connectivity index (χ1n) is 7.48. The third-order valence-corrected chi connectivity index (χ3v) is 3.81. The molecule has 0 unspecified atom stereocenters. The molecule has 0 bridgehead atoms. The fraction of sp³-hybridized carbons (Fsp3) is 0.294. The summed E-state index contributed by atoms with van der Waals surface area (Å²) >= 11 is 0. The number of hydrogen-bond donors (Lipinski definition) is 1. The fourth-order valence-electron chi connectivity index (χ4n) is 2.58. The van der Waals surface area contributed by atoms with Gasteiger partial charge in [0.25, 0.3) is 0 Å². The van der Waals surface area contributed by atoms with Crippen molar-refractivity contribution in [3.63, 3.8) is 0 Å². The molecule has 118 valence electrons. The van der Waals surface area contributed by atoms with Crippen LogP contribution >= 0.6 is 0 Å². The smallest absolute Gasteiger partial charge is 0.183 e. The molecule has 0 radical (unpaired) electrons. The molecular formula is C17H19N5O. The number of aryl methyl sites for hydroxylation is 2. The van der Waals surface area contributed by atoms with Gasteiger partial charge in [-0.15, -0.1) is 0 Å². The first kappa shape index (κ1) is 15.1. The Kier molecular flexibility index (Phi) is 4.32. The van der Waals surface area contributed by atoms with E-state index in [1.165, 1.54) is 17.5 Å². The molecule has 6 nitrogen and oxygen atoms in total. The molecule has 6 heteroatoms. The van der Waals surface area contributed by atoms with Gasteiger partial charge in [0.1, 0.15) is 17.6 Å². The van der Waals surface area contributed by atoms with Gasteiger partial charge in [0.05, 0.1) is 7.11 Å². The topological polar surface area (TPSA) is 72.8 Å². The Morgan fingerprint density at radius 3 is 2.65 bits per heavy atom. The van der Waals surface area contributed by atoms with Crippen LogP contribution in [0.4, 0.5) is 5.82 Å². The maximum atomic E-state index is 5.36. The lowest BCUT2D eigenvalue weighted by Crippen LogP contribution is -2.09. The molecule has 0 atom stereocenters. The molecule has 0 amide bonds. The molecule has 0 saturated carbocycles. The van der Waals surface area contributed by atoms with Crippen LogP contribution in [0.3, 0.4) is 0 Å². The van der Waals surface area contributed by atoms with Crippen LogP contribution in [0.5, 0.6) is 5.75 Å². The molecule has 0 saturated heterocycles. The number of fused-ring (bicyclic) bond motifs is 1. The molecule has 0 spiro atoms. The highest BCUT2D eigenvalue weighted by Gasteiger charge is 2.07. The minimum atomic E-state index is 0.599. The van der Waals surface area contributed by atoms with E-state index in [1.54, 1.807) is 19.5 Å². The van der Waals surface area contributed by atoms with Crippen LogP contribution in [0.15, 0.2) is 30.9 Å². The van der Waals surface area contributed by atoms with Crippen molar-refractivity contribution in [2.45, 2.75) is 20.3 Å². The zero-order valence-electron chi connectivity index (χ0n) is 13.5. The Hall–Kier alpha value is -2.76. The molecule has 0 aliphatic carbocycles. The second-order valence-corrected chi connectivity index (χ2v) is 5.38. The van der Waals surface area contributed by atoms with E-state index in [1.807, 2.05) is 0 Å². The van der Waals surface area contributed by atoms with Gasteiger partial charge in [0, 0.05) is 18.9 Å². The van der Waals surface area contributed by atoms with E-state index in [4.69, 9.17) is 4.74 Å². The highest BCUT2D eigenvalue weighted by atomic mass is 16.5. The SMILES string of the molecule is COc1cc(C)c(CCNc2ncnc3nccnc23)cc1C. The molecule has 2 heterocycles. The van der Waals surface area contributed by atoms with Gasteiger partial charge in [-0.1, -0.05) is 6.07 Å². The minimum absolute atomic E-state index is 0.599. The Labute approximate surface area is 135 Å². The van der Waals surface area contributed by atoms with Gasteiger partial charge in [-0.25, -0.2) is 19.9 Å². The number of ether oxygens (including phenoxy) is 1. The first-order chi connectivity index (χ1) is 11.2. The molecule has 0 aliphatic rings. The van der Waals surface area contributed by atoms with Gasteiger partial charge in [-0.2, -0.15) is 0 Å². The molecule has 1 N–H and O–H groups in total. The summed E-state index contributed by atoms with van der Waals surface area (Å²) in [4.78, 5) is 16.9. The van der Waals surface area contributed by atoms with E-state index in [0.29, 0.717) is 17.0 Å². The van der Waals surface area contributed by atoms with Crippen molar-refractivity contribution in [1.29, 1.82) is 0 Å². The van der Waals surface area contributed by atoms with E-state index in [2.05, 4.69) is 51.2 Å². The van der Waals surface area contributed by atoms with Gasteiger partial charge in [0.15, 0.2) is 11.5 Å². The van der Waals surface area contributed by atoms with E-state index in [-0.39, 0.29) is 0 Å². The summed E-state index contributed by atoms with van der Waals surface area (Å²) in [5, 5.41) is 3.33. The molecule has 2 aromatic heterocycles. The number of aromatic nitrogens is 4. The highest BCUT2D eigenvalue weighted by Crippen LogP contribution is 2.23. The fourth-order valence-corrected chi connectivity index (χ4v) is 2.58. The quantitative estimate of drug-likeness (QED) is 0.781. The Bertz CT molecular complexity index is 829. The predicted molar refractivity (Wildman–Crippen MR) is 89.8 cm³/mol. The van der Waals surface area contributed by atoms with Crippen molar-refractivity contribution in [1.82, 2.24) is 19.9 Å². The van der Waals surface area contributed by atoms with Gasteiger partial charge in [-0.05, 0) is 43.0 Å². The number of anilines is 1. The number of nitrogens with zero attached hydrogens (tertiary/aromatic N) is 4. The van der Waals surface area contributed by atoms with E-state index >= 15 is 0 Å². The molecule has 3 aromatic rings. The zero-order chi connectivity index (χ0) is 16.2. The van der Waals surface area contributed by atoms with Gasteiger partial charge < -0.3 is 10.1 Å². The molecule has 1 aromatic carbocycles. The Balaban J connectivity index is 1.73. The van der Waals surface area contributed by atoms with Crippen LogP contribution in [0.2, 0.25) is 0 Å². The summed E-state index contributed by atoms with van der Waals surface area (Å²) < 4.78 is 5.36. The number of hydrogen-bond acceptors (Lipinski definition) is 6. The maximum absolute atomic E-state index is 5.36. The van der Waals surface area contributed by atoms with Crippen molar-refractivity contribution in [3.8, 4) is 5.75 Å². The second-order valence-electron chi connectivity index (χ2n) is 5.38. The van der Waals surface area contributed by atoms with E-state index in [9.17, 15) is 0 Å². The lowest BCUT2D eigenvalue weighted by molar-refractivity contribution is 0.411. The van der Waals surface area contributed by atoms with Crippen LogP contribution in [0.25, 0.3) is 11.2 Å². The molecule has 0 aliphatic heterocycles. The average Bonchev–Trinajstić information content (AvgIpc) is 2.57. The Morgan fingerprint density at radius 2 is 1.83 bits per heavy atom. The zero-order valence-corrected chi connectivity index (χ0v) is 13.5. The largest absolute Gasteiger partial charge is 0.496 e. The lowest BCUT2D eigenvalue weighted by atomic mass is 10.0. The summed E-state index contributed by atoms with van der Waals surface area (Å²) in [6.45, 7) is 4.92. The summed E-state index contributed by atoms with van der Waals surface area (Å²) in [6.07, 6.45) is 5.67. The summed E-state index contributed by atoms with van der Waals surface area (Å²) in [7, 11) is 1.70. The first-order valence-corrected chi connectivity index (χ1v) is 7.48. The second kappa shape index (κ2) is 6.56. The van der Waals surface area contributed by atoms with Crippen molar-refractivity contribution in [2.24, 2.45) is 0 Å². The summed E-state index contributed by atoms with van der Waals surface area (Å²) in [6, 6.07) is 4.25. The number of rotatable bonds is 5. The third-order valence-electron chi connectivity index (χ3n) is 3.81. The number of nitrogens with one attached hydrogen (secondary N) is 1. The van der Waals surface area contributed by atoms with Crippen molar-refractivity contribution in [3.05, 3.63) is 47.5 Å². The van der Waals surface area contributed by atoms with Crippen LogP contribution in [0, 0.1) is 13.8 Å². The standard InChI is InChI=1S/C17H19N5O/c1-11-9-14(23-3)12(2)8-13(11)4-5-19-16-15-17(22-10-21-16)20-7-6-18-15/h6-10H,4-5H2,1-3H3,(H,19,20,21,22). The van der Waals surface area contributed by atoms with Crippen LogP contribution < -0.4 is 10.1 Å². The van der Waals surface area contributed by atoms with Crippen molar-refractivity contribution in [2.75, 3.05) is 19.0 Å². The monoisotopic (exact) mass is 309 g/mol. The summed E-state index contributed by atoms with van der Waals surface area (Å²) in [5.41, 5.74) is 4.95. The van der Waals surface area contributed by atoms with Gasteiger partial charge in [-0.3, -0.25) is 0 Å². The van der Waals surface area contributed by atoms with Crippen molar-refractivity contribution >= 4 is 17.0 Å². The minimum Gasteiger partial charge on any atom is -0.496 e. The molecule has 0 fully saturated rings. The van der Waals surface area contributed by atoms with Crippen LogP contribution in [-0.4, -0.2) is 33.6 Å². The van der Waals surface area contributed by atoms with E-state index in [0.717, 1.165) is 24.3 Å². The third kappa shape index (κ3) is 3.21. The lowest BCUT2D eigenvalue weighted by Gasteiger charge is -2.12. The maximum Gasteiger partial charge on any atom is 0.183 e. The molecular weight excluding hydrogens is 290 g/mol. The predicted octanol–water partition coefficient (Wildman–Crippen LogP) is 2.70. The Morgan fingerprint density at radius 1 is 1.00 bits per heavy atom. The molecule has 23 heavy (non-hydrogen) atoms. The summed E-state index contributed by atoms with van der Waals surface area (Å²) in [5.74, 6) is 1.64. The van der Waals surface area contributed by atoms with E-state index < -0.39 is 0 Å². The number of benzene rings is 1.